The second-order valence-electron chi connectivity index (χ2n) is 4.87. The zero-order valence-electron chi connectivity index (χ0n) is 11.6. The SMILES string of the molecule is Cc1cccc(N(C)C(CN)c2ccc(Cl)c(Br)c2)c1. The number of hydrogen-bond acceptors (Lipinski definition) is 2. The van der Waals surface area contributed by atoms with E-state index in [4.69, 9.17) is 17.3 Å². The number of aryl methyl sites for hydroxylation is 1. The summed E-state index contributed by atoms with van der Waals surface area (Å²) in [6, 6.07) is 14.5. The number of likely N-dealkylation sites (N-methyl/N-ethyl adjacent to an activating group) is 1. The van der Waals surface area contributed by atoms with Gasteiger partial charge in [0.05, 0.1) is 11.1 Å². The van der Waals surface area contributed by atoms with Crippen molar-refractivity contribution in [3.8, 4) is 0 Å². The first kappa shape index (κ1) is 15.4. The second-order valence-corrected chi connectivity index (χ2v) is 6.14. The van der Waals surface area contributed by atoms with Crippen LogP contribution in [0.3, 0.4) is 0 Å². The van der Waals surface area contributed by atoms with Gasteiger partial charge in [0.15, 0.2) is 0 Å². The lowest BCUT2D eigenvalue weighted by molar-refractivity contribution is 0.680. The van der Waals surface area contributed by atoms with Crippen molar-refractivity contribution in [3.05, 3.63) is 63.1 Å². The van der Waals surface area contributed by atoms with Crippen LogP contribution in [0.15, 0.2) is 46.9 Å². The molecule has 0 radical (unpaired) electrons. The average Bonchev–Trinajstić information content (AvgIpc) is 2.43. The molecule has 0 aliphatic rings. The molecule has 2 N–H and O–H groups in total. The third kappa shape index (κ3) is 3.35. The van der Waals surface area contributed by atoms with Crippen LogP contribution in [0.4, 0.5) is 5.69 Å². The van der Waals surface area contributed by atoms with Crippen LogP contribution >= 0.6 is 27.5 Å². The fraction of sp³-hybridized carbons (Fsp3) is 0.250. The Morgan fingerprint density at radius 1 is 1.25 bits per heavy atom. The highest BCUT2D eigenvalue weighted by molar-refractivity contribution is 9.10. The molecule has 0 aliphatic carbocycles. The predicted molar refractivity (Wildman–Crippen MR) is 90.5 cm³/mol. The van der Waals surface area contributed by atoms with Crippen molar-refractivity contribution in [1.29, 1.82) is 0 Å². The van der Waals surface area contributed by atoms with E-state index in [1.165, 1.54) is 5.56 Å². The van der Waals surface area contributed by atoms with E-state index in [0.29, 0.717) is 11.6 Å². The van der Waals surface area contributed by atoms with Crippen LogP contribution in [0.1, 0.15) is 17.2 Å². The van der Waals surface area contributed by atoms with Gasteiger partial charge in [-0.15, -0.1) is 0 Å². The summed E-state index contributed by atoms with van der Waals surface area (Å²) < 4.78 is 0.896. The molecule has 0 aromatic heterocycles. The van der Waals surface area contributed by atoms with Crippen LogP contribution in [0.5, 0.6) is 0 Å². The highest BCUT2D eigenvalue weighted by Crippen LogP contribution is 2.30. The Balaban J connectivity index is 2.33. The number of benzene rings is 2. The first-order chi connectivity index (χ1) is 9.52. The average molecular weight is 354 g/mol. The van der Waals surface area contributed by atoms with E-state index >= 15 is 0 Å². The largest absolute Gasteiger partial charge is 0.366 e. The maximum absolute atomic E-state index is 6.05. The van der Waals surface area contributed by atoms with Crippen molar-refractivity contribution in [1.82, 2.24) is 0 Å². The number of anilines is 1. The minimum atomic E-state index is 0.116. The lowest BCUT2D eigenvalue weighted by Crippen LogP contribution is -2.30. The van der Waals surface area contributed by atoms with Gasteiger partial charge in [-0.2, -0.15) is 0 Å². The molecular weight excluding hydrogens is 336 g/mol. The van der Waals surface area contributed by atoms with Gasteiger partial charge in [0.2, 0.25) is 0 Å². The number of nitrogens with zero attached hydrogens (tertiary/aromatic N) is 1. The zero-order chi connectivity index (χ0) is 14.7. The fourth-order valence-corrected chi connectivity index (χ4v) is 2.78. The number of rotatable bonds is 4. The molecule has 1 unspecified atom stereocenters. The number of halogens is 2. The van der Waals surface area contributed by atoms with Crippen LogP contribution in [0.2, 0.25) is 5.02 Å². The summed E-state index contributed by atoms with van der Waals surface area (Å²) in [6.07, 6.45) is 0. The van der Waals surface area contributed by atoms with Gasteiger partial charge in [-0.05, 0) is 58.2 Å². The van der Waals surface area contributed by atoms with Crippen LogP contribution in [0.25, 0.3) is 0 Å². The zero-order valence-corrected chi connectivity index (χ0v) is 13.9. The summed E-state index contributed by atoms with van der Waals surface area (Å²) in [6.45, 7) is 2.63. The maximum atomic E-state index is 6.05. The van der Waals surface area contributed by atoms with E-state index in [9.17, 15) is 0 Å². The Bertz CT molecular complexity index is 601. The van der Waals surface area contributed by atoms with Gasteiger partial charge < -0.3 is 10.6 Å². The molecule has 0 spiro atoms. The number of nitrogens with two attached hydrogens (primary N) is 1. The first-order valence-electron chi connectivity index (χ1n) is 6.47. The van der Waals surface area contributed by atoms with Gasteiger partial charge in [-0.25, -0.2) is 0 Å². The van der Waals surface area contributed by atoms with Crippen molar-refractivity contribution in [3.63, 3.8) is 0 Å². The second kappa shape index (κ2) is 6.61. The van der Waals surface area contributed by atoms with Gasteiger partial charge in [0.1, 0.15) is 0 Å². The molecule has 0 aliphatic heterocycles. The van der Waals surface area contributed by atoms with Crippen molar-refractivity contribution in [2.75, 3.05) is 18.5 Å². The molecule has 0 saturated carbocycles. The van der Waals surface area contributed by atoms with E-state index in [2.05, 4.69) is 59.1 Å². The molecule has 2 aromatic rings. The quantitative estimate of drug-likeness (QED) is 0.874. The lowest BCUT2D eigenvalue weighted by Gasteiger charge is -2.30. The molecule has 0 bridgehead atoms. The minimum absolute atomic E-state index is 0.116. The van der Waals surface area contributed by atoms with E-state index in [1.807, 2.05) is 18.2 Å². The Morgan fingerprint density at radius 2 is 2.00 bits per heavy atom. The first-order valence-corrected chi connectivity index (χ1v) is 7.64. The summed E-state index contributed by atoms with van der Waals surface area (Å²) in [7, 11) is 2.06. The van der Waals surface area contributed by atoms with Crippen molar-refractivity contribution >= 4 is 33.2 Å². The molecule has 106 valence electrons. The Hall–Kier alpha value is -1.03. The van der Waals surface area contributed by atoms with Crippen molar-refractivity contribution < 1.29 is 0 Å². The summed E-state index contributed by atoms with van der Waals surface area (Å²) in [5, 5.41) is 0.711. The summed E-state index contributed by atoms with van der Waals surface area (Å²) in [4.78, 5) is 2.20. The molecule has 2 nitrogen and oxygen atoms in total. The molecule has 0 amide bonds. The fourth-order valence-electron chi connectivity index (χ4n) is 2.26. The summed E-state index contributed by atoms with van der Waals surface area (Å²) in [5.41, 5.74) is 9.52. The van der Waals surface area contributed by atoms with Gasteiger partial charge in [0, 0.05) is 23.8 Å². The molecule has 0 fully saturated rings. The minimum Gasteiger partial charge on any atom is -0.366 e. The van der Waals surface area contributed by atoms with Crippen LogP contribution in [-0.4, -0.2) is 13.6 Å². The Morgan fingerprint density at radius 3 is 2.60 bits per heavy atom. The topological polar surface area (TPSA) is 29.3 Å². The van der Waals surface area contributed by atoms with Crippen LogP contribution in [0, 0.1) is 6.92 Å². The summed E-state index contributed by atoms with van der Waals surface area (Å²) >= 11 is 9.52. The Labute approximate surface area is 133 Å². The lowest BCUT2D eigenvalue weighted by atomic mass is 10.0. The molecule has 0 heterocycles. The summed E-state index contributed by atoms with van der Waals surface area (Å²) in [5.74, 6) is 0. The third-order valence-electron chi connectivity index (χ3n) is 3.43. The van der Waals surface area contributed by atoms with Crippen LogP contribution in [-0.2, 0) is 0 Å². The van der Waals surface area contributed by atoms with Gasteiger partial charge in [-0.3, -0.25) is 0 Å². The number of hydrogen-bond donors (Lipinski definition) is 1. The molecule has 2 aromatic carbocycles. The van der Waals surface area contributed by atoms with E-state index in [1.54, 1.807) is 0 Å². The molecule has 2 rings (SSSR count). The Kier molecular flexibility index (Phi) is 5.08. The molecule has 1 atom stereocenters. The van der Waals surface area contributed by atoms with Gasteiger partial charge in [0.25, 0.3) is 0 Å². The standard InChI is InChI=1S/C16H18BrClN2/c1-11-4-3-5-13(8-11)20(2)16(10-19)12-6-7-15(18)14(17)9-12/h3-9,16H,10,19H2,1-2H3. The molecule has 0 saturated heterocycles. The highest BCUT2D eigenvalue weighted by Gasteiger charge is 2.17. The third-order valence-corrected chi connectivity index (χ3v) is 4.64. The maximum Gasteiger partial charge on any atom is 0.0661 e. The normalized spacial score (nSPS) is 12.2. The van der Waals surface area contributed by atoms with Gasteiger partial charge >= 0.3 is 0 Å². The van der Waals surface area contributed by atoms with E-state index in [-0.39, 0.29) is 6.04 Å². The molecular formula is C16H18BrClN2. The highest BCUT2D eigenvalue weighted by atomic mass is 79.9. The molecule has 4 heteroatoms. The monoisotopic (exact) mass is 352 g/mol. The predicted octanol–water partition coefficient (Wildman–Crippen LogP) is 4.55. The van der Waals surface area contributed by atoms with E-state index < -0.39 is 0 Å². The molecule has 20 heavy (non-hydrogen) atoms. The smallest absolute Gasteiger partial charge is 0.0661 e. The van der Waals surface area contributed by atoms with E-state index in [0.717, 1.165) is 15.7 Å². The van der Waals surface area contributed by atoms with Crippen LogP contribution < -0.4 is 10.6 Å². The van der Waals surface area contributed by atoms with Gasteiger partial charge in [-0.1, -0.05) is 29.8 Å². The van der Waals surface area contributed by atoms with Crippen molar-refractivity contribution in [2.45, 2.75) is 13.0 Å². The van der Waals surface area contributed by atoms with Crippen molar-refractivity contribution in [2.24, 2.45) is 5.73 Å².